The smallest absolute Gasteiger partial charge is 0.178 e. The van der Waals surface area contributed by atoms with Crippen LogP contribution in [0.15, 0.2) is 30.6 Å². The highest BCUT2D eigenvalue weighted by Crippen LogP contribution is 2.14. The Labute approximate surface area is 105 Å². The quantitative estimate of drug-likeness (QED) is 0.705. The maximum absolute atomic E-state index is 9.02. The van der Waals surface area contributed by atoms with Gasteiger partial charge in [-0.25, -0.2) is 9.97 Å². The molecule has 2 aromatic rings. The topological polar surface area (TPSA) is 97.0 Å². The van der Waals surface area contributed by atoms with Gasteiger partial charge in [0.05, 0.1) is 24.2 Å². The molecule has 0 saturated heterocycles. The first-order valence-electron chi connectivity index (χ1n) is 5.66. The van der Waals surface area contributed by atoms with Crippen molar-refractivity contribution in [3.63, 3.8) is 0 Å². The molecule has 4 N–H and O–H groups in total. The fourth-order valence-corrected chi connectivity index (χ4v) is 1.45. The Kier molecular flexibility index (Phi) is 4.16. The molecule has 0 aliphatic rings. The standard InChI is InChI=1S/C12H15N5O/c13-4-6-14-9-1-2-11(16-7-9)12-15-5-3-10(8-18)17-12/h1-3,5,7,14,18H,4,6,8,13H2. The first kappa shape index (κ1) is 12.4. The van der Waals surface area contributed by atoms with Crippen molar-refractivity contribution in [3.8, 4) is 11.5 Å². The van der Waals surface area contributed by atoms with Crippen molar-refractivity contribution in [3.05, 3.63) is 36.3 Å². The molecule has 6 nitrogen and oxygen atoms in total. The monoisotopic (exact) mass is 245 g/mol. The second-order valence-electron chi connectivity index (χ2n) is 3.68. The van der Waals surface area contributed by atoms with Crippen molar-refractivity contribution in [2.75, 3.05) is 18.4 Å². The average molecular weight is 245 g/mol. The lowest BCUT2D eigenvalue weighted by Gasteiger charge is -2.05. The molecule has 0 saturated carbocycles. The van der Waals surface area contributed by atoms with E-state index in [0.29, 0.717) is 30.3 Å². The Morgan fingerprint density at radius 3 is 2.78 bits per heavy atom. The molecule has 6 heteroatoms. The summed E-state index contributed by atoms with van der Waals surface area (Å²) in [6, 6.07) is 5.39. The van der Waals surface area contributed by atoms with E-state index in [1.807, 2.05) is 12.1 Å². The van der Waals surface area contributed by atoms with Gasteiger partial charge in [-0.1, -0.05) is 0 Å². The van der Waals surface area contributed by atoms with Gasteiger partial charge in [-0.3, -0.25) is 4.98 Å². The first-order chi connectivity index (χ1) is 8.83. The normalized spacial score (nSPS) is 10.3. The number of nitrogens with two attached hydrogens (primary N) is 1. The molecule has 0 radical (unpaired) electrons. The minimum absolute atomic E-state index is 0.105. The van der Waals surface area contributed by atoms with Gasteiger partial charge in [0.25, 0.3) is 0 Å². The van der Waals surface area contributed by atoms with Crippen molar-refractivity contribution in [2.45, 2.75) is 6.61 Å². The summed E-state index contributed by atoms with van der Waals surface area (Å²) in [6.45, 7) is 1.17. The predicted octanol–water partition coefficient (Wildman–Crippen LogP) is 0.401. The Balaban J connectivity index is 2.17. The number of nitrogens with one attached hydrogen (secondary N) is 1. The van der Waals surface area contributed by atoms with E-state index in [4.69, 9.17) is 10.8 Å². The predicted molar refractivity (Wildman–Crippen MR) is 68.7 cm³/mol. The number of rotatable bonds is 5. The SMILES string of the molecule is NCCNc1ccc(-c2nccc(CO)n2)nc1. The summed E-state index contributed by atoms with van der Waals surface area (Å²) < 4.78 is 0. The maximum atomic E-state index is 9.02. The van der Waals surface area contributed by atoms with Crippen molar-refractivity contribution in [1.29, 1.82) is 0 Å². The number of nitrogens with zero attached hydrogens (tertiary/aromatic N) is 3. The third-order valence-electron chi connectivity index (χ3n) is 2.34. The summed E-state index contributed by atoms with van der Waals surface area (Å²) in [5.74, 6) is 0.506. The Bertz CT molecular complexity index is 500. The van der Waals surface area contributed by atoms with Crippen molar-refractivity contribution >= 4 is 5.69 Å². The molecule has 0 fully saturated rings. The zero-order valence-corrected chi connectivity index (χ0v) is 9.87. The van der Waals surface area contributed by atoms with Crippen LogP contribution in [0.5, 0.6) is 0 Å². The molecule has 0 spiro atoms. The van der Waals surface area contributed by atoms with Gasteiger partial charge in [0, 0.05) is 19.3 Å². The Morgan fingerprint density at radius 1 is 1.22 bits per heavy atom. The molecule has 18 heavy (non-hydrogen) atoms. The molecule has 0 aliphatic carbocycles. The fraction of sp³-hybridized carbons (Fsp3) is 0.250. The van der Waals surface area contributed by atoms with Gasteiger partial charge in [0.1, 0.15) is 5.69 Å². The molecule has 0 aromatic carbocycles. The molecule has 2 aromatic heterocycles. The zero-order chi connectivity index (χ0) is 12.8. The minimum Gasteiger partial charge on any atom is -0.390 e. The summed E-state index contributed by atoms with van der Waals surface area (Å²) in [5.41, 5.74) is 7.55. The van der Waals surface area contributed by atoms with Gasteiger partial charge >= 0.3 is 0 Å². The summed E-state index contributed by atoms with van der Waals surface area (Å²) in [5, 5.41) is 12.1. The van der Waals surface area contributed by atoms with Crippen LogP contribution in [0.4, 0.5) is 5.69 Å². The zero-order valence-electron chi connectivity index (χ0n) is 9.87. The van der Waals surface area contributed by atoms with Crippen LogP contribution in [-0.4, -0.2) is 33.1 Å². The average Bonchev–Trinajstić information content (AvgIpc) is 2.46. The van der Waals surface area contributed by atoms with E-state index in [9.17, 15) is 0 Å². The third-order valence-corrected chi connectivity index (χ3v) is 2.34. The van der Waals surface area contributed by atoms with Crippen LogP contribution in [0.1, 0.15) is 5.69 Å². The van der Waals surface area contributed by atoms with E-state index in [0.717, 1.165) is 5.69 Å². The van der Waals surface area contributed by atoms with Gasteiger partial charge in [-0.15, -0.1) is 0 Å². The van der Waals surface area contributed by atoms with Crippen LogP contribution in [0.2, 0.25) is 0 Å². The van der Waals surface area contributed by atoms with E-state index in [2.05, 4.69) is 20.3 Å². The van der Waals surface area contributed by atoms with Gasteiger partial charge in [-0.05, 0) is 18.2 Å². The number of aromatic nitrogens is 3. The highest BCUT2D eigenvalue weighted by molar-refractivity contribution is 5.53. The van der Waals surface area contributed by atoms with E-state index >= 15 is 0 Å². The number of pyridine rings is 1. The lowest BCUT2D eigenvalue weighted by Crippen LogP contribution is -2.13. The first-order valence-corrected chi connectivity index (χ1v) is 5.66. The van der Waals surface area contributed by atoms with Crippen molar-refractivity contribution in [1.82, 2.24) is 15.0 Å². The fourth-order valence-electron chi connectivity index (χ4n) is 1.45. The Hall–Kier alpha value is -2.05. The number of aliphatic hydroxyl groups is 1. The van der Waals surface area contributed by atoms with Crippen LogP contribution < -0.4 is 11.1 Å². The summed E-state index contributed by atoms with van der Waals surface area (Å²) in [6.07, 6.45) is 3.32. The van der Waals surface area contributed by atoms with Crippen LogP contribution in [-0.2, 0) is 6.61 Å². The van der Waals surface area contributed by atoms with Gasteiger partial charge < -0.3 is 16.2 Å². The molecule has 0 bridgehead atoms. The molecule has 2 rings (SSSR count). The van der Waals surface area contributed by atoms with Crippen LogP contribution in [0, 0.1) is 0 Å². The molecular weight excluding hydrogens is 230 g/mol. The van der Waals surface area contributed by atoms with E-state index in [-0.39, 0.29) is 6.61 Å². The minimum atomic E-state index is -0.105. The highest BCUT2D eigenvalue weighted by atomic mass is 16.3. The molecular formula is C12H15N5O. The third kappa shape index (κ3) is 2.99. The number of anilines is 1. The number of aliphatic hydroxyl groups excluding tert-OH is 1. The van der Waals surface area contributed by atoms with E-state index in [1.165, 1.54) is 0 Å². The van der Waals surface area contributed by atoms with Gasteiger partial charge in [0.15, 0.2) is 5.82 Å². The lowest BCUT2D eigenvalue weighted by atomic mass is 10.3. The summed E-state index contributed by atoms with van der Waals surface area (Å²) >= 11 is 0. The highest BCUT2D eigenvalue weighted by Gasteiger charge is 2.03. The molecule has 0 unspecified atom stereocenters. The lowest BCUT2D eigenvalue weighted by molar-refractivity contribution is 0.277. The Morgan fingerprint density at radius 2 is 2.11 bits per heavy atom. The molecule has 94 valence electrons. The molecule has 0 amide bonds. The van der Waals surface area contributed by atoms with Gasteiger partial charge in [0.2, 0.25) is 0 Å². The van der Waals surface area contributed by atoms with E-state index in [1.54, 1.807) is 18.5 Å². The molecule has 0 atom stereocenters. The largest absolute Gasteiger partial charge is 0.390 e. The second-order valence-corrected chi connectivity index (χ2v) is 3.68. The van der Waals surface area contributed by atoms with Crippen LogP contribution in [0.25, 0.3) is 11.5 Å². The number of hydrogen-bond donors (Lipinski definition) is 3. The van der Waals surface area contributed by atoms with Crippen molar-refractivity contribution in [2.24, 2.45) is 5.73 Å². The van der Waals surface area contributed by atoms with Crippen molar-refractivity contribution < 1.29 is 5.11 Å². The summed E-state index contributed by atoms with van der Waals surface area (Å²) in [4.78, 5) is 12.6. The van der Waals surface area contributed by atoms with Gasteiger partial charge in [-0.2, -0.15) is 0 Å². The number of hydrogen-bond acceptors (Lipinski definition) is 6. The van der Waals surface area contributed by atoms with Crippen LogP contribution in [0.3, 0.4) is 0 Å². The van der Waals surface area contributed by atoms with Crippen LogP contribution >= 0.6 is 0 Å². The molecule has 2 heterocycles. The second kappa shape index (κ2) is 6.04. The summed E-state index contributed by atoms with van der Waals surface area (Å²) in [7, 11) is 0. The maximum Gasteiger partial charge on any atom is 0.178 e. The van der Waals surface area contributed by atoms with E-state index < -0.39 is 0 Å². The molecule has 0 aliphatic heterocycles.